The molecule has 2 aromatic rings. The molecule has 0 radical (unpaired) electrons. The molecule has 0 aliphatic heterocycles. The van der Waals surface area contributed by atoms with Gasteiger partial charge in [-0.3, -0.25) is 4.79 Å². The number of aryl methyl sites for hydroxylation is 1. The third kappa shape index (κ3) is 2.52. The highest BCUT2D eigenvalue weighted by molar-refractivity contribution is 14.1. The third-order valence-corrected chi connectivity index (χ3v) is 4.14. The SMILES string of the molecule is CCn1ccnc1CC(=O)c1csc(I)c1. The Balaban J connectivity index is 2.13. The maximum absolute atomic E-state index is 11.9. The quantitative estimate of drug-likeness (QED) is 0.630. The lowest BCUT2D eigenvalue weighted by atomic mass is 10.1. The molecule has 0 unspecified atom stereocenters. The maximum atomic E-state index is 11.9. The van der Waals surface area contributed by atoms with E-state index in [9.17, 15) is 4.79 Å². The smallest absolute Gasteiger partial charge is 0.171 e. The first-order valence-corrected chi connectivity index (χ1v) is 6.93. The van der Waals surface area contributed by atoms with Crippen molar-refractivity contribution in [1.82, 2.24) is 9.55 Å². The summed E-state index contributed by atoms with van der Waals surface area (Å²) in [5.41, 5.74) is 0.792. The Labute approximate surface area is 112 Å². The van der Waals surface area contributed by atoms with E-state index in [2.05, 4.69) is 27.6 Å². The van der Waals surface area contributed by atoms with E-state index < -0.39 is 0 Å². The fourth-order valence-corrected chi connectivity index (χ4v) is 2.85. The average molecular weight is 346 g/mol. The van der Waals surface area contributed by atoms with Gasteiger partial charge < -0.3 is 4.57 Å². The number of ketones is 1. The topological polar surface area (TPSA) is 34.9 Å². The number of rotatable bonds is 4. The van der Waals surface area contributed by atoms with Gasteiger partial charge in [-0.1, -0.05) is 0 Å². The molecule has 0 atom stereocenters. The highest BCUT2D eigenvalue weighted by Crippen LogP contribution is 2.18. The minimum Gasteiger partial charge on any atom is -0.335 e. The van der Waals surface area contributed by atoms with E-state index >= 15 is 0 Å². The molecule has 0 bridgehead atoms. The van der Waals surface area contributed by atoms with Crippen molar-refractivity contribution >= 4 is 39.7 Å². The largest absolute Gasteiger partial charge is 0.335 e. The summed E-state index contributed by atoms with van der Waals surface area (Å²) >= 11 is 3.82. The molecule has 0 aliphatic carbocycles. The standard InChI is InChI=1S/C11H11IN2OS/c1-2-14-4-3-13-11(14)6-9(15)8-5-10(12)16-7-8/h3-5,7H,2,6H2,1H3. The molecule has 0 spiro atoms. The summed E-state index contributed by atoms with van der Waals surface area (Å²) in [6.45, 7) is 2.90. The number of Topliss-reactive ketones (excluding diaryl/α,β-unsaturated/α-hetero) is 1. The van der Waals surface area contributed by atoms with Gasteiger partial charge >= 0.3 is 0 Å². The Morgan fingerprint density at radius 3 is 3.06 bits per heavy atom. The normalized spacial score (nSPS) is 10.6. The van der Waals surface area contributed by atoms with Gasteiger partial charge in [-0.05, 0) is 35.6 Å². The van der Waals surface area contributed by atoms with Crippen molar-refractivity contribution in [2.75, 3.05) is 0 Å². The van der Waals surface area contributed by atoms with Crippen LogP contribution in [0.25, 0.3) is 0 Å². The van der Waals surface area contributed by atoms with Crippen molar-refractivity contribution in [3.05, 3.63) is 38.1 Å². The van der Waals surface area contributed by atoms with E-state index in [4.69, 9.17) is 0 Å². The summed E-state index contributed by atoms with van der Waals surface area (Å²) in [6.07, 6.45) is 4.02. The second kappa shape index (κ2) is 5.09. The number of hydrogen-bond donors (Lipinski definition) is 0. The van der Waals surface area contributed by atoms with Crippen LogP contribution in [0.15, 0.2) is 23.8 Å². The number of carbonyl (C=O) groups is 1. The summed E-state index contributed by atoms with van der Waals surface area (Å²) < 4.78 is 3.13. The zero-order valence-corrected chi connectivity index (χ0v) is 11.8. The van der Waals surface area contributed by atoms with Crippen molar-refractivity contribution in [3.8, 4) is 0 Å². The van der Waals surface area contributed by atoms with Crippen LogP contribution in [-0.4, -0.2) is 15.3 Å². The van der Waals surface area contributed by atoms with E-state index in [1.165, 1.54) is 0 Å². The molecule has 0 aliphatic rings. The minimum atomic E-state index is 0.139. The second-order valence-corrected chi connectivity index (χ2v) is 6.17. The van der Waals surface area contributed by atoms with E-state index in [1.54, 1.807) is 17.5 Å². The summed E-state index contributed by atoms with van der Waals surface area (Å²) in [5, 5.41) is 1.91. The zero-order chi connectivity index (χ0) is 11.5. The summed E-state index contributed by atoms with van der Waals surface area (Å²) in [4.78, 5) is 16.1. The lowest BCUT2D eigenvalue weighted by Crippen LogP contribution is -2.08. The van der Waals surface area contributed by atoms with Gasteiger partial charge in [0.2, 0.25) is 0 Å². The van der Waals surface area contributed by atoms with Crippen molar-refractivity contribution < 1.29 is 4.79 Å². The molecule has 2 rings (SSSR count). The van der Waals surface area contributed by atoms with Crippen LogP contribution in [0.3, 0.4) is 0 Å². The summed E-state index contributed by atoms with van der Waals surface area (Å²) in [5.74, 6) is 0.980. The van der Waals surface area contributed by atoms with E-state index in [0.717, 1.165) is 20.8 Å². The van der Waals surface area contributed by atoms with Crippen LogP contribution in [-0.2, 0) is 13.0 Å². The number of imidazole rings is 1. The molecule has 0 fully saturated rings. The summed E-state index contributed by atoms with van der Waals surface area (Å²) in [7, 11) is 0. The van der Waals surface area contributed by atoms with Gasteiger partial charge in [0.1, 0.15) is 5.82 Å². The van der Waals surface area contributed by atoms with Crippen LogP contribution >= 0.6 is 33.9 Å². The van der Waals surface area contributed by atoms with Gasteiger partial charge in [-0.25, -0.2) is 4.98 Å². The van der Waals surface area contributed by atoms with Gasteiger partial charge in [0.05, 0.1) is 9.30 Å². The minimum absolute atomic E-state index is 0.139. The van der Waals surface area contributed by atoms with Crippen molar-refractivity contribution in [3.63, 3.8) is 0 Å². The van der Waals surface area contributed by atoms with Gasteiger partial charge in [0, 0.05) is 29.9 Å². The number of aromatic nitrogens is 2. The molecular formula is C11H11IN2OS. The molecule has 3 nitrogen and oxygen atoms in total. The molecule has 0 amide bonds. The zero-order valence-electron chi connectivity index (χ0n) is 8.81. The van der Waals surface area contributed by atoms with E-state index in [1.807, 2.05) is 29.1 Å². The van der Waals surface area contributed by atoms with E-state index in [-0.39, 0.29) is 5.78 Å². The third-order valence-electron chi connectivity index (χ3n) is 2.35. The van der Waals surface area contributed by atoms with Gasteiger partial charge in [-0.15, -0.1) is 11.3 Å². The Morgan fingerprint density at radius 2 is 2.44 bits per heavy atom. The number of halogens is 1. The van der Waals surface area contributed by atoms with Gasteiger partial charge in [0.25, 0.3) is 0 Å². The molecule has 84 valence electrons. The van der Waals surface area contributed by atoms with Crippen molar-refractivity contribution in [2.24, 2.45) is 0 Å². The first kappa shape index (κ1) is 11.8. The molecule has 0 aromatic carbocycles. The van der Waals surface area contributed by atoms with E-state index in [0.29, 0.717) is 6.42 Å². The first-order chi connectivity index (χ1) is 7.70. The molecule has 0 saturated heterocycles. The van der Waals surface area contributed by atoms with Gasteiger partial charge in [-0.2, -0.15) is 0 Å². The Hall–Kier alpha value is -0.690. The molecule has 0 N–H and O–H groups in total. The molecule has 16 heavy (non-hydrogen) atoms. The molecule has 0 saturated carbocycles. The predicted molar refractivity (Wildman–Crippen MR) is 73.0 cm³/mol. The predicted octanol–water partition coefficient (Wildman–Crippen LogP) is 2.99. The molecule has 2 aromatic heterocycles. The number of thiophene rings is 1. The number of hydrogen-bond acceptors (Lipinski definition) is 3. The Bertz CT molecular complexity index is 504. The lowest BCUT2D eigenvalue weighted by molar-refractivity contribution is 0.0990. The van der Waals surface area contributed by atoms with Crippen LogP contribution in [0.2, 0.25) is 0 Å². The van der Waals surface area contributed by atoms with Crippen LogP contribution in [0.5, 0.6) is 0 Å². The van der Waals surface area contributed by atoms with Crippen LogP contribution in [0.1, 0.15) is 23.1 Å². The summed E-state index contributed by atoms with van der Waals surface area (Å²) in [6, 6.07) is 1.92. The lowest BCUT2D eigenvalue weighted by Gasteiger charge is -2.02. The Kier molecular flexibility index (Phi) is 3.75. The average Bonchev–Trinajstić information content (AvgIpc) is 2.86. The maximum Gasteiger partial charge on any atom is 0.171 e. The van der Waals surface area contributed by atoms with Gasteiger partial charge in [0.15, 0.2) is 5.78 Å². The second-order valence-electron chi connectivity index (χ2n) is 3.37. The van der Waals surface area contributed by atoms with Crippen LogP contribution < -0.4 is 0 Å². The molecule has 5 heteroatoms. The monoisotopic (exact) mass is 346 g/mol. The van der Waals surface area contributed by atoms with Crippen molar-refractivity contribution in [2.45, 2.75) is 19.9 Å². The highest BCUT2D eigenvalue weighted by atomic mass is 127. The highest BCUT2D eigenvalue weighted by Gasteiger charge is 2.12. The first-order valence-electron chi connectivity index (χ1n) is 4.98. The van der Waals surface area contributed by atoms with Crippen LogP contribution in [0.4, 0.5) is 0 Å². The molecule has 2 heterocycles. The fraction of sp³-hybridized carbons (Fsp3) is 0.273. The Morgan fingerprint density at radius 1 is 1.62 bits per heavy atom. The number of carbonyl (C=O) groups excluding carboxylic acids is 1. The van der Waals surface area contributed by atoms with Crippen molar-refractivity contribution in [1.29, 1.82) is 0 Å². The fourth-order valence-electron chi connectivity index (χ4n) is 1.50. The van der Waals surface area contributed by atoms with Crippen LogP contribution in [0, 0.1) is 2.88 Å². The molecular weight excluding hydrogens is 335 g/mol. The number of nitrogens with zero attached hydrogens (tertiary/aromatic N) is 2.